The van der Waals surface area contributed by atoms with Crippen LogP contribution in [-0.4, -0.2) is 21.5 Å². The topological polar surface area (TPSA) is 52.6 Å². The maximum absolute atomic E-state index is 12.0. The Labute approximate surface area is 137 Å². The number of hydrogen-bond acceptors (Lipinski definition) is 4. The first kappa shape index (κ1) is 16.4. The molecule has 0 saturated carbocycles. The molecule has 7 heteroatoms. The Balaban J connectivity index is 2.37. The standard InChI is InChI=1S/C14H13Cl3O4/c1-12(2)20-10(18)9(11(19)21-12)8-4-6-13(3,7-5-8)14(15,16)17/h4-7H,1-3H3. The first-order valence-electron chi connectivity index (χ1n) is 6.11. The molecule has 114 valence electrons. The molecule has 21 heavy (non-hydrogen) atoms. The summed E-state index contributed by atoms with van der Waals surface area (Å²) in [6.07, 6.45) is 6.31. The van der Waals surface area contributed by atoms with Gasteiger partial charge in [0.1, 0.15) is 0 Å². The van der Waals surface area contributed by atoms with Crippen molar-refractivity contribution in [3.05, 3.63) is 35.5 Å². The van der Waals surface area contributed by atoms with E-state index in [2.05, 4.69) is 0 Å². The molecule has 1 fully saturated rings. The molecule has 4 nitrogen and oxygen atoms in total. The third-order valence-electron chi connectivity index (χ3n) is 3.20. The van der Waals surface area contributed by atoms with Gasteiger partial charge in [-0.25, -0.2) is 9.59 Å². The fourth-order valence-corrected chi connectivity index (χ4v) is 2.26. The third kappa shape index (κ3) is 3.12. The van der Waals surface area contributed by atoms with E-state index in [1.54, 1.807) is 19.1 Å². The number of alkyl halides is 3. The largest absolute Gasteiger partial charge is 0.419 e. The van der Waals surface area contributed by atoms with Crippen LogP contribution < -0.4 is 0 Å². The molecule has 0 bridgehead atoms. The van der Waals surface area contributed by atoms with Crippen molar-refractivity contribution in [2.24, 2.45) is 5.41 Å². The van der Waals surface area contributed by atoms with E-state index in [1.165, 1.54) is 26.0 Å². The van der Waals surface area contributed by atoms with Gasteiger partial charge in [0.2, 0.25) is 3.79 Å². The maximum atomic E-state index is 12.0. The fraction of sp³-hybridized carbons (Fsp3) is 0.429. The number of halogens is 3. The lowest BCUT2D eigenvalue weighted by atomic mass is 9.85. The monoisotopic (exact) mass is 350 g/mol. The van der Waals surface area contributed by atoms with Crippen LogP contribution >= 0.6 is 34.8 Å². The van der Waals surface area contributed by atoms with Crippen LogP contribution in [0, 0.1) is 5.41 Å². The molecule has 1 heterocycles. The Morgan fingerprint density at radius 2 is 1.38 bits per heavy atom. The van der Waals surface area contributed by atoms with Crippen LogP contribution in [-0.2, 0) is 19.1 Å². The minimum absolute atomic E-state index is 0.173. The molecule has 0 radical (unpaired) electrons. The number of carbonyl (C=O) groups excluding carboxylic acids is 2. The second kappa shape index (κ2) is 5.04. The highest BCUT2D eigenvalue weighted by atomic mass is 35.6. The van der Waals surface area contributed by atoms with Gasteiger partial charge in [0.15, 0.2) is 5.57 Å². The minimum Gasteiger partial charge on any atom is -0.419 e. The third-order valence-corrected chi connectivity index (χ3v) is 4.42. The number of allylic oxidation sites excluding steroid dienone is 5. The van der Waals surface area contributed by atoms with Gasteiger partial charge in [0, 0.05) is 13.8 Å². The number of cyclic esters (lactones) is 2. The summed E-state index contributed by atoms with van der Waals surface area (Å²) >= 11 is 17.7. The maximum Gasteiger partial charge on any atom is 0.349 e. The molecule has 0 spiro atoms. The van der Waals surface area contributed by atoms with Gasteiger partial charge in [-0.05, 0) is 12.5 Å². The van der Waals surface area contributed by atoms with E-state index in [1.807, 2.05) is 0 Å². The lowest BCUT2D eigenvalue weighted by Gasteiger charge is -2.33. The molecule has 0 aromatic rings. The smallest absolute Gasteiger partial charge is 0.349 e. The van der Waals surface area contributed by atoms with Gasteiger partial charge in [0.05, 0.1) is 5.41 Å². The molecule has 0 atom stereocenters. The van der Waals surface area contributed by atoms with Crippen molar-refractivity contribution in [2.75, 3.05) is 0 Å². The Morgan fingerprint density at radius 3 is 1.76 bits per heavy atom. The van der Waals surface area contributed by atoms with Crippen LogP contribution in [0.4, 0.5) is 0 Å². The molecule has 0 aromatic heterocycles. The summed E-state index contributed by atoms with van der Waals surface area (Å²) in [6.45, 7) is 4.68. The van der Waals surface area contributed by atoms with Gasteiger partial charge < -0.3 is 9.47 Å². The minimum atomic E-state index is -1.55. The highest BCUT2D eigenvalue weighted by Crippen LogP contribution is 2.48. The summed E-state index contributed by atoms with van der Waals surface area (Å²) in [6, 6.07) is 0. The Morgan fingerprint density at radius 1 is 0.952 bits per heavy atom. The molecule has 2 rings (SSSR count). The highest BCUT2D eigenvalue weighted by Gasteiger charge is 2.43. The average Bonchev–Trinajstić information content (AvgIpc) is 2.27. The van der Waals surface area contributed by atoms with Gasteiger partial charge in [-0.3, -0.25) is 0 Å². The van der Waals surface area contributed by atoms with E-state index < -0.39 is 26.9 Å². The fourth-order valence-electron chi connectivity index (χ4n) is 1.88. The van der Waals surface area contributed by atoms with E-state index in [-0.39, 0.29) is 5.57 Å². The van der Waals surface area contributed by atoms with Gasteiger partial charge in [0.25, 0.3) is 5.79 Å². The van der Waals surface area contributed by atoms with E-state index >= 15 is 0 Å². The van der Waals surface area contributed by atoms with E-state index in [0.717, 1.165) is 0 Å². The lowest BCUT2D eigenvalue weighted by Crippen LogP contribution is -2.42. The van der Waals surface area contributed by atoms with Crippen molar-refractivity contribution in [3.63, 3.8) is 0 Å². The molecule has 1 aliphatic heterocycles. The molecule has 0 amide bonds. The number of ether oxygens (including phenoxy) is 2. The van der Waals surface area contributed by atoms with Crippen molar-refractivity contribution in [2.45, 2.75) is 30.4 Å². The summed E-state index contributed by atoms with van der Waals surface area (Å²) in [5.41, 5.74) is -0.663. The Kier molecular flexibility index (Phi) is 3.94. The van der Waals surface area contributed by atoms with Crippen LogP contribution in [0.25, 0.3) is 0 Å². The van der Waals surface area contributed by atoms with Crippen LogP contribution in [0.1, 0.15) is 20.8 Å². The predicted octanol–water partition coefficient (Wildman–Crippen LogP) is 3.62. The van der Waals surface area contributed by atoms with Gasteiger partial charge >= 0.3 is 11.9 Å². The van der Waals surface area contributed by atoms with Crippen molar-refractivity contribution in [1.82, 2.24) is 0 Å². The van der Waals surface area contributed by atoms with Crippen LogP contribution in [0.2, 0.25) is 0 Å². The van der Waals surface area contributed by atoms with Crippen LogP contribution in [0.3, 0.4) is 0 Å². The summed E-state index contributed by atoms with van der Waals surface area (Å²) in [4.78, 5) is 23.9. The number of esters is 2. The SMILES string of the molecule is CC1(C)OC(=O)C(=C2C=CC(C)(C(Cl)(Cl)Cl)C=C2)C(=O)O1. The van der Waals surface area contributed by atoms with Crippen molar-refractivity contribution in [1.29, 1.82) is 0 Å². The molecule has 1 aliphatic carbocycles. The molecular formula is C14H13Cl3O4. The number of carbonyl (C=O) groups is 2. The second-order valence-electron chi connectivity index (χ2n) is 5.46. The quantitative estimate of drug-likeness (QED) is 0.289. The zero-order valence-electron chi connectivity index (χ0n) is 11.6. The molecule has 0 N–H and O–H groups in total. The first-order chi connectivity index (χ1) is 9.45. The van der Waals surface area contributed by atoms with E-state index in [9.17, 15) is 9.59 Å². The van der Waals surface area contributed by atoms with Crippen molar-refractivity contribution >= 4 is 46.7 Å². The Hall–Kier alpha value is -0.970. The molecule has 0 aromatic carbocycles. The predicted molar refractivity (Wildman–Crippen MR) is 80.0 cm³/mol. The van der Waals surface area contributed by atoms with Crippen LogP contribution in [0.5, 0.6) is 0 Å². The molecule has 1 saturated heterocycles. The molecule has 0 unspecified atom stereocenters. The first-order valence-corrected chi connectivity index (χ1v) is 7.25. The second-order valence-corrected chi connectivity index (χ2v) is 7.74. The Bertz CT molecular complexity index is 556. The van der Waals surface area contributed by atoms with E-state index in [4.69, 9.17) is 44.3 Å². The van der Waals surface area contributed by atoms with Gasteiger partial charge in [-0.15, -0.1) is 0 Å². The lowest BCUT2D eigenvalue weighted by molar-refractivity contribution is -0.222. The zero-order chi connectivity index (χ0) is 16.1. The highest BCUT2D eigenvalue weighted by molar-refractivity contribution is 6.68. The van der Waals surface area contributed by atoms with Crippen molar-refractivity contribution in [3.8, 4) is 0 Å². The van der Waals surface area contributed by atoms with Gasteiger partial charge in [-0.2, -0.15) is 0 Å². The van der Waals surface area contributed by atoms with E-state index in [0.29, 0.717) is 5.57 Å². The normalized spacial score (nSPS) is 28.5. The molecular weight excluding hydrogens is 339 g/mol. The van der Waals surface area contributed by atoms with Crippen LogP contribution in [0.15, 0.2) is 35.5 Å². The number of hydrogen-bond donors (Lipinski definition) is 0. The summed E-state index contributed by atoms with van der Waals surface area (Å²) in [5.74, 6) is -2.75. The molecule has 2 aliphatic rings. The summed E-state index contributed by atoms with van der Waals surface area (Å²) in [5, 5.41) is 0. The summed E-state index contributed by atoms with van der Waals surface area (Å²) < 4.78 is 8.54. The van der Waals surface area contributed by atoms with Crippen molar-refractivity contribution < 1.29 is 19.1 Å². The summed E-state index contributed by atoms with van der Waals surface area (Å²) in [7, 11) is 0. The average molecular weight is 352 g/mol. The number of rotatable bonds is 0. The zero-order valence-corrected chi connectivity index (χ0v) is 13.8. The van der Waals surface area contributed by atoms with Gasteiger partial charge in [-0.1, -0.05) is 59.1 Å².